The van der Waals surface area contributed by atoms with Gasteiger partial charge in [-0.25, -0.2) is 9.37 Å². The second-order valence-electron chi connectivity index (χ2n) is 6.49. The van der Waals surface area contributed by atoms with Gasteiger partial charge in [0.2, 0.25) is 5.91 Å². The molecular formula is C22H18FN3O3S. The van der Waals surface area contributed by atoms with Gasteiger partial charge in [0.25, 0.3) is 5.56 Å². The van der Waals surface area contributed by atoms with E-state index in [0.29, 0.717) is 33.8 Å². The van der Waals surface area contributed by atoms with Crippen LogP contribution >= 0.6 is 11.3 Å². The van der Waals surface area contributed by atoms with Crippen molar-refractivity contribution in [3.63, 3.8) is 0 Å². The Kier molecular flexibility index (Phi) is 5.58. The lowest BCUT2D eigenvalue weighted by Gasteiger charge is -2.12. The molecule has 4 aromatic rings. The zero-order valence-corrected chi connectivity index (χ0v) is 16.9. The van der Waals surface area contributed by atoms with E-state index >= 15 is 0 Å². The number of thiophene rings is 1. The molecule has 0 aliphatic heterocycles. The van der Waals surface area contributed by atoms with Crippen LogP contribution in [-0.4, -0.2) is 22.1 Å². The number of nitrogens with one attached hydrogen (secondary N) is 1. The van der Waals surface area contributed by atoms with Crippen molar-refractivity contribution in [2.45, 2.75) is 13.5 Å². The van der Waals surface area contributed by atoms with Gasteiger partial charge in [0, 0.05) is 10.9 Å². The van der Waals surface area contributed by atoms with E-state index in [0.717, 1.165) is 5.56 Å². The summed E-state index contributed by atoms with van der Waals surface area (Å²) in [6, 6.07) is 13.0. The van der Waals surface area contributed by atoms with Crippen molar-refractivity contribution in [3.05, 3.63) is 76.4 Å². The first-order chi connectivity index (χ1) is 14.6. The third-order valence-electron chi connectivity index (χ3n) is 4.49. The van der Waals surface area contributed by atoms with Crippen molar-refractivity contribution in [3.8, 4) is 16.9 Å². The molecule has 8 heteroatoms. The molecule has 0 aliphatic rings. The molecule has 0 atom stereocenters. The second-order valence-corrected chi connectivity index (χ2v) is 7.35. The second kappa shape index (κ2) is 8.46. The SMILES string of the molecule is CCOc1ccccc1NC(=O)Cn1cnc2scc(-c3ccc(F)cc3)c2c1=O. The third kappa shape index (κ3) is 3.95. The minimum absolute atomic E-state index is 0.194. The average Bonchev–Trinajstić information content (AvgIpc) is 3.17. The summed E-state index contributed by atoms with van der Waals surface area (Å²) in [6.45, 7) is 2.14. The zero-order chi connectivity index (χ0) is 21.1. The lowest BCUT2D eigenvalue weighted by molar-refractivity contribution is -0.116. The number of carbonyl (C=O) groups is 1. The fourth-order valence-corrected chi connectivity index (χ4v) is 4.02. The molecule has 4 rings (SSSR count). The summed E-state index contributed by atoms with van der Waals surface area (Å²) in [7, 11) is 0. The number of anilines is 1. The van der Waals surface area contributed by atoms with Gasteiger partial charge >= 0.3 is 0 Å². The number of nitrogens with zero attached hydrogens (tertiary/aromatic N) is 2. The van der Waals surface area contributed by atoms with Crippen molar-refractivity contribution < 1.29 is 13.9 Å². The number of carbonyl (C=O) groups excluding carboxylic acids is 1. The number of aromatic nitrogens is 2. The van der Waals surface area contributed by atoms with Crippen molar-refractivity contribution in [2.24, 2.45) is 0 Å². The average molecular weight is 423 g/mol. The molecule has 0 fully saturated rings. The first-order valence-corrected chi connectivity index (χ1v) is 10.2. The Morgan fingerprint density at radius 1 is 1.20 bits per heavy atom. The number of hydrogen-bond acceptors (Lipinski definition) is 5. The van der Waals surface area contributed by atoms with Crippen LogP contribution in [0.2, 0.25) is 0 Å². The van der Waals surface area contributed by atoms with Gasteiger partial charge in [-0.1, -0.05) is 24.3 Å². The van der Waals surface area contributed by atoms with Crippen LogP contribution in [0.15, 0.2) is 65.0 Å². The molecule has 0 spiro atoms. The normalized spacial score (nSPS) is 10.9. The zero-order valence-electron chi connectivity index (χ0n) is 16.1. The molecule has 2 aromatic heterocycles. The summed E-state index contributed by atoms with van der Waals surface area (Å²) in [6.07, 6.45) is 1.36. The largest absolute Gasteiger partial charge is 0.492 e. The standard InChI is InChI=1S/C22H18FN3O3S/c1-2-29-18-6-4-3-5-17(18)25-19(27)11-26-13-24-21-20(22(26)28)16(12-30-21)14-7-9-15(23)10-8-14/h3-10,12-13H,2,11H2,1H3,(H,25,27). The van der Waals surface area contributed by atoms with Crippen LogP contribution in [0.1, 0.15) is 6.92 Å². The number of halogens is 1. The highest BCUT2D eigenvalue weighted by Crippen LogP contribution is 2.30. The molecule has 2 heterocycles. The summed E-state index contributed by atoms with van der Waals surface area (Å²) >= 11 is 1.33. The van der Waals surface area contributed by atoms with E-state index in [2.05, 4.69) is 10.3 Å². The van der Waals surface area contributed by atoms with Crippen LogP contribution in [0.4, 0.5) is 10.1 Å². The third-order valence-corrected chi connectivity index (χ3v) is 5.38. The topological polar surface area (TPSA) is 73.2 Å². The molecule has 0 bridgehead atoms. The molecule has 2 aromatic carbocycles. The predicted molar refractivity (Wildman–Crippen MR) is 116 cm³/mol. The van der Waals surface area contributed by atoms with Crippen LogP contribution < -0.4 is 15.6 Å². The highest BCUT2D eigenvalue weighted by atomic mass is 32.1. The number of para-hydroxylation sites is 2. The molecule has 0 aliphatic carbocycles. The minimum atomic E-state index is -0.371. The summed E-state index contributed by atoms with van der Waals surface area (Å²) in [5.74, 6) is -0.160. The summed E-state index contributed by atoms with van der Waals surface area (Å²) in [4.78, 5) is 30.5. The van der Waals surface area contributed by atoms with Crippen LogP contribution in [0, 0.1) is 5.82 Å². The van der Waals surface area contributed by atoms with Crippen molar-refractivity contribution in [1.29, 1.82) is 0 Å². The Hall–Kier alpha value is -3.52. The van der Waals surface area contributed by atoms with Gasteiger partial charge in [-0.2, -0.15) is 0 Å². The molecule has 0 saturated carbocycles. The van der Waals surface area contributed by atoms with Crippen molar-refractivity contribution >= 4 is 33.1 Å². The van der Waals surface area contributed by atoms with Gasteiger partial charge in [-0.05, 0) is 36.8 Å². The number of fused-ring (bicyclic) bond motifs is 1. The van der Waals surface area contributed by atoms with Gasteiger partial charge in [0.05, 0.1) is 24.0 Å². The molecular weight excluding hydrogens is 405 g/mol. The molecule has 0 saturated heterocycles. The summed E-state index contributed by atoms with van der Waals surface area (Å²) < 4.78 is 20.0. The smallest absolute Gasteiger partial charge is 0.263 e. The van der Waals surface area contributed by atoms with E-state index in [1.54, 1.807) is 30.3 Å². The first-order valence-electron chi connectivity index (χ1n) is 9.31. The van der Waals surface area contributed by atoms with Gasteiger partial charge in [-0.3, -0.25) is 14.2 Å². The van der Waals surface area contributed by atoms with Crippen molar-refractivity contribution in [1.82, 2.24) is 9.55 Å². The van der Waals surface area contributed by atoms with Gasteiger partial charge in [0.15, 0.2) is 0 Å². The van der Waals surface area contributed by atoms with E-state index in [4.69, 9.17) is 4.74 Å². The molecule has 152 valence electrons. The molecule has 6 nitrogen and oxygen atoms in total. The summed E-state index contributed by atoms with van der Waals surface area (Å²) in [5, 5.41) is 5.00. The minimum Gasteiger partial charge on any atom is -0.492 e. The molecule has 0 radical (unpaired) electrons. The Labute approximate surface area is 175 Å². The van der Waals surface area contributed by atoms with Gasteiger partial charge < -0.3 is 10.1 Å². The van der Waals surface area contributed by atoms with E-state index in [1.165, 1.54) is 34.4 Å². The van der Waals surface area contributed by atoms with E-state index in [-0.39, 0.29) is 23.8 Å². The lowest BCUT2D eigenvalue weighted by atomic mass is 10.1. The van der Waals surface area contributed by atoms with E-state index < -0.39 is 0 Å². The Balaban J connectivity index is 1.63. The van der Waals surface area contributed by atoms with Crippen LogP contribution in [0.25, 0.3) is 21.3 Å². The van der Waals surface area contributed by atoms with Gasteiger partial charge in [-0.15, -0.1) is 11.3 Å². The number of rotatable bonds is 6. The predicted octanol–water partition coefficient (Wildman–Crippen LogP) is 4.30. The van der Waals surface area contributed by atoms with Crippen molar-refractivity contribution in [2.75, 3.05) is 11.9 Å². The number of benzene rings is 2. The van der Waals surface area contributed by atoms with E-state index in [9.17, 15) is 14.0 Å². The van der Waals surface area contributed by atoms with Gasteiger partial charge in [0.1, 0.15) is 22.9 Å². The highest BCUT2D eigenvalue weighted by Gasteiger charge is 2.15. The maximum absolute atomic E-state index is 13.3. The van der Waals surface area contributed by atoms with Crippen LogP contribution in [-0.2, 0) is 11.3 Å². The highest BCUT2D eigenvalue weighted by molar-refractivity contribution is 7.17. The fourth-order valence-electron chi connectivity index (χ4n) is 3.12. The Bertz CT molecular complexity index is 1260. The fraction of sp³-hybridized carbons (Fsp3) is 0.136. The molecule has 0 unspecified atom stereocenters. The maximum Gasteiger partial charge on any atom is 0.263 e. The summed E-state index contributed by atoms with van der Waals surface area (Å²) in [5.41, 5.74) is 1.60. The molecule has 30 heavy (non-hydrogen) atoms. The van der Waals surface area contributed by atoms with E-state index in [1.807, 2.05) is 18.4 Å². The molecule has 1 N–H and O–H groups in total. The Morgan fingerprint density at radius 2 is 1.97 bits per heavy atom. The monoisotopic (exact) mass is 423 g/mol. The number of ether oxygens (including phenoxy) is 1. The number of hydrogen-bond donors (Lipinski definition) is 1. The van der Waals surface area contributed by atoms with Crippen LogP contribution in [0.5, 0.6) is 5.75 Å². The number of amides is 1. The van der Waals surface area contributed by atoms with Crippen LogP contribution in [0.3, 0.4) is 0 Å². The first kappa shape index (κ1) is 19.8. The maximum atomic E-state index is 13.3. The quantitative estimate of drug-likeness (QED) is 0.502. The lowest BCUT2D eigenvalue weighted by Crippen LogP contribution is -2.28. The molecule has 1 amide bonds. The Morgan fingerprint density at radius 3 is 2.73 bits per heavy atom.